The number of aromatic amines is 1. The lowest BCUT2D eigenvalue weighted by atomic mass is 9.89. The van der Waals surface area contributed by atoms with Crippen LogP contribution >= 0.6 is 11.6 Å². The van der Waals surface area contributed by atoms with Crippen molar-refractivity contribution in [2.45, 2.75) is 51.4 Å². The van der Waals surface area contributed by atoms with Crippen LogP contribution in [0.4, 0.5) is 11.6 Å². The number of rotatable bonds is 7. The molecule has 1 fully saturated rings. The van der Waals surface area contributed by atoms with Gasteiger partial charge in [-0.05, 0) is 73.1 Å². The van der Waals surface area contributed by atoms with Gasteiger partial charge in [-0.1, -0.05) is 36.0 Å². The second-order valence-corrected chi connectivity index (χ2v) is 9.78. The van der Waals surface area contributed by atoms with E-state index in [4.69, 9.17) is 16.3 Å². The van der Waals surface area contributed by atoms with Crippen LogP contribution in [0.15, 0.2) is 24.3 Å². The first-order valence-corrected chi connectivity index (χ1v) is 12.5. The lowest BCUT2D eigenvalue weighted by molar-refractivity contribution is 0.0757. The minimum absolute atomic E-state index is 0.0613. The van der Waals surface area contributed by atoms with Gasteiger partial charge in [-0.15, -0.1) is 5.10 Å². The Morgan fingerprint density at radius 1 is 1.20 bits per heavy atom. The summed E-state index contributed by atoms with van der Waals surface area (Å²) < 4.78 is 6.23. The number of carbonyl (C=O) groups excluding carboxylic acids is 1. The molecule has 0 saturated heterocycles. The highest BCUT2D eigenvalue weighted by atomic mass is 35.5. The third kappa shape index (κ3) is 5.05. The minimum atomic E-state index is -0.213. The zero-order valence-corrected chi connectivity index (χ0v) is 20.4. The maximum Gasteiger partial charge on any atom is 0.267 e. The molecule has 35 heavy (non-hydrogen) atoms. The van der Waals surface area contributed by atoms with E-state index in [9.17, 15) is 9.90 Å². The number of halogens is 1. The molecule has 0 aliphatic heterocycles. The molecule has 2 aliphatic carbocycles. The van der Waals surface area contributed by atoms with Crippen LogP contribution in [-0.4, -0.2) is 50.1 Å². The topological polar surface area (TPSA) is 116 Å². The molecule has 3 aromatic rings. The predicted octanol–water partition coefficient (Wildman–Crippen LogP) is 5.24. The van der Waals surface area contributed by atoms with Gasteiger partial charge in [-0.3, -0.25) is 4.79 Å². The number of phenols is 1. The van der Waals surface area contributed by atoms with Gasteiger partial charge in [0.25, 0.3) is 11.9 Å². The van der Waals surface area contributed by atoms with E-state index in [0.717, 1.165) is 48.9 Å². The van der Waals surface area contributed by atoms with Gasteiger partial charge in [-0.2, -0.15) is 5.21 Å². The Kier molecular flexibility index (Phi) is 6.77. The lowest BCUT2D eigenvalue weighted by Crippen LogP contribution is -2.32. The molecule has 3 N–H and O–H groups in total. The van der Waals surface area contributed by atoms with Crippen LogP contribution in [0.25, 0.3) is 0 Å². The normalized spacial score (nSPS) is 15.6. The molecule has 10 heteroatoms. The number of tetrazole rings is 1. The number of nitrogens with zero attached hydrogens (tertiary/aromatic N) is 4. The third-order valence-corrected chi connectivity index (χ3v) is 7.20. The van der Waals surface area contributed by atoms with Crippen molar-refractivity contribution in [2.75, 3.05) is 18.9 Å². The minimum Gasteiger partial charge on any atom is -0.507 e. The number of nitrogens with one attached hydrogen (secondary N) is 2. The van der Waals surface area contributed by atoms with Crippen molar-refractivity contribution in [3.05, 3.63) is 46.0 Å². The molecule has 0 unspecified atom stereocenters. The summed E-state index contributed by atoms with van der Waals surface area (Å²) in [5.41, 5.74) is 3.15. The number of amides is 1. The SMILES string of the molecule is CN(CC1CCCCC1)C(=O)c1cc(Oc2c(Cl)cc(Nc3nn[nH]n3)c3c2CCC3)ccc1O. The van der Waals surface area contributed by atoms with Crippen molar-refractivity contribution in [2.24, 2.45) is 5.92 Å². The molecule has 2 aliphatic rings. The van der Waals surface area contributed by atoms with E-state index in [1.165, 1.54) is 25.3 Å². The highest BCUT2D eigenvalue weighted by Gasteiger charge is 2.25. The Bertz CT molecular complexity index is 1210. The van der Waals surface area contributed by atoms with Gasteiger partial charge < -0.3 is 20.1 Å². The van der Waals surface area contributed by atoms with Crippen molar-refractivity contribution in [3.8, 4) is 17.2 Å². The van der Waals surface area contributed by atoms with Gasteiger partial charge >= 0.3 is 0 Å². The summed E-state index contributed by atoms with van der Waals surface area (Å²) in [6.45, 7) is 0.692. The smallest absolute Gasteiger partial charge is 0.267 e. The third-order valence-electron chi connectivity index (χ3n) is 6.92. The van der Waals surface area contributed by atoms with Crippen molar-refractivity contribution < 1.29 is 14.6 Å². The molecule has 0 spiro atoms. The van der Waals surface area contributed by atoms with Gasteiger partial charge in [0.05, 0.1) is 10.6 Å². The monoisotopic (exact) mass is 496 g/mol. The average molecular weight is 497 g/mol. The van der Waals surface area contributed by atoms with Crippen LogP contribution in [0, 0.1) is 5.92 Å². The first kappa shape index (κ1) is 23.4. The van der Waals surface area contributed by atoms with E-state index in [1.807, 2.05) is 0 Å². The molecule has 184 valence electrons. The maximum atomic E-state index is 13.2. The fraction of sp³-hybridized carbons (Fsp3) is 0.440. The molecule has 1 heterocycles. The van der Waals surface area contributed by atoms with Crippen molar-refractivity contribution >= 4 is 29.1 Å². The average Bonchev–Trinajstić information content (AvgIpc) is 3.55. The lowest BCUT2D eigenvalue weighted by Gasteiger charge is -2.27. The van der Waals surface area contributed by atoms with E-state index < -0.39 is 0 Å². The number of aromatic nitrogens is 4. The predicted molar refractivity (Wildman–Crippen MR) is 133 cm³/mol. The summed E-state index contributed by atoms with van der Waals surface area (Å²) in [7, 11) is 1.79. The van der Waals surface area contributed by atoms with Gasteiger partial charge in [0, 0.05) is 24.8 Å². The van der Waals surface area contributed by atoms with Crippen LogP contribution < -0.4 is 10.1 Å². The molecule has 0 radical (unpaired) electrons. The number of anilines is 2. The van der Waals surface area contributed by atoms with E-state index in [1.54, 1.807) is 30.1 Å². The molecule has 1 aromatic heterocycles. The fourth-order valence-electron chi connectivity index (χ4n) is 5.19. The largest absolute Gasteiger partial charge is 0.507 e. The number of hydrogen-bond acceptors (Lipinski definition) is 7. The van der Waals surface area contributed by atoms with Crippen molar-refractivity contribution in [3.63, 3.8) is 0 Å². The number of hydrogen-bond donors (Lipinski definition) is 3. The van der Waals surface area contributed by atoms with Crippen molar-refractivity contribution in [1.82, 2.24) is 25.5 Å². The Hall–Kier alpha value is -3.33. The summed E-state index contributed by atoms with van der Waals surface area (Å²) in [6, 6.07) is 6.54. The standard InChI is InChI=1S/C25H29ClN6O3/c1-32(14-15-6-3-2-4-7-15)24(34)19-12-16(10-11-22(19)33)35-23-18-9-5-8-17(18)21(13-20(23)26)27-25-28-30-31-29-25/h10-13,15,33H,2-9,14H2,1H3,(H2,27,28,29,30,31). The van der Waals surface area contributed by atoms with Gasteiger partial charge in [0.15, 0.2) is 0 Å². The van der Waals surface area contributed by atoms with Gasteiger partial charge in [-0.25, -0.2) is 0 Å². The Morgan fingerprint density at radius 3 is 2.77 bits per heavy atom. The summed E-state index contributed by atoms with van der Waals surface area (Å²) in [5.74, 6) is 1.62. The number of ether oxygens (including phenoxy) is 1. The first-order chi connectivity index (χ1) is 17.0. The number of carbonyl (C=O) groups is 1. The van der Waals surface area contributed by atoms with E-state index in [0.29, 0.717) is 34.9 Å². The zero-order chi connectivity index (χ0) is 24.4. The first-order valence-electron chi connectivity index (χ1n) is 12.1. The van der Waals surface area contributed by atoms with Crippen LogP contribution in [0.5, 0.6) is 17.2 Å². The number of H-pyrrole nitrogens is 1. The number of benzene rings is 2. The molecule has 2 aromatic carbocycles. The van der Waals surface area contributed by atoms with Crippen molar-refractivity contribution in [1.29, 1.82) is 0 Å². The Labute approximate surface area is 208 Å². The Balaban J connectivity index is 1.37. The molecule has 9 nitrogen and oxygen atoms in total. The molecule has 5 rings (SSSR count). The molecular formula is C25H29ClN6O3. The molecule has 1 saturated carbocycles. The van der Waals surface area contributed by atoms with Crippen LogP contribution in [0.2, 0.25) is 5.02 Å². The highest BCUT2D eigenvalue weighted by Crippen LogP contribution is 2.44. The van der Waals surface area contributed by atoms with Gasteiger partial charge in [0.1, 0.15) is 17.2 Å². The maximum absolute atomic E-state index is 13.2. The van der Waals surface area contributed by atoms with Crippen LogP contribution in [0.3, 0.4) is 0 Å². The number of phenolic OH excluding ortho intramolecular Hbond substituents is 1. The molecular weight excluding hydrogens is 468 g/mol. The summed E-state index contributed by atoms with van der Waals surface area (Å²) in [6.07, 6.45) is 8.66. The van der Waals surface area contributed by atoms with Crippen LogP contribution in [0.1, 0.15) is 60.0 Å². The van der Waals surface area contributed by atoms with E-state index in [2.05, 4.69) is 25.9 Å². The highest BCUT2D eigenvalue weighted by molar-refractivity contribution is 6.32. The van der Waals surface area contributed by atoms with E-state index in [-0.39, 0.29) is 17.2 Å². The molecule has 0 bridgehead atoms. The summed E-state index contributed by atoms with van der Waals surface area (Å²) in [4.78, 5) is 14.9. The molecule has 1 amide bonds. The summed E-state index contributed by atoms with van der Waals surface area (Å²) >= 11 is 6.64. The van der Waals surface area contributed by atoms with Crippen LogP contribution in [-0.2, 0) is 12.8 Å². The zero-order valence-electron chi connectivity index (χ0n) is 19.7. The van der Waals surface area contributed by atoms with E-state index >= 15 is 0 Å². The summed E-state index contributed by atoms with van der Waals surface area (Å²) in [5, 5.41) is 27.9. The quantitative estimate of drug-likeness (QED) is 0.409. The number of fused-ring (bicyclic) bond motifs is 1. The number of aromatic hydroxyl groups is 1. The second-order valence-electron chi connectivity index (χ2n) is 9.38. The fourth-order valence-corrected chi connectivity index (χ4v) is 5.45. The Morgan fingerprint density at radius 2 is 2.00 bits per heavy atom. The molecule has 0 atom stereocenters. The van der Waals surface area contributed by atoms with Gasteiger partial charge in [0.2, 0.25) is 0 Å². The second kappa shape index (κ2) is 10.1.